The van der Waals surface area contributed by atoms with E-state index >= 15 is 0 Å². The third-order valence-corrected chi connectivity index (χ3v) is 4.70. The Morgan fingerprint density at radius 3 is 2.81 bits per heavy atom. The van der Waals surface area contributed by atoms with Crippen LogP contribution in [0.1, 0.15) is 15.9 Å². The molecule has 0 saturated heterocycles. The maximum absolute atomic E-state index is 11.3. The predicted octanol–water partition coefficient (Wildman–Crippen LogP) is 5.14. The molecule has 0 aliphatic carbocycles. The molecule has 3 nitrogen and oxygen atoms in total. The summed E-state index contributed by atoms with van der Waals surface area (Å²) in [6.45, 7) is 2.00. The lowest BCUT2D eigenvalue weighted by molar-refractivity contribution is 0.112. The number of nitrogens with zero attached hydrogens (tertiary/aromatic N) is 2. The van der Waals surface area contributed by atoms with Gasteiger partial charge in [-0.15, -0.1) is 11.3 Å². The van der Waals surface area contributed by atoms with Crippen molar-refractivity contribution in [2.45, 2.75) is 6.92 Å². The van der Waals surface area contributed by atoms with Crippen LogP contribution in [-0.2, 0) is 0 Å². The molecule has 0 radical (unpaired) electrons. The maximum atomic E-state index is 11.3. The van der Waals surface area contributed by atoms with E-state index < -0.39 is 0 Å². The van der Waals surface area contributed by atoms with Crippen LogP contribution in [0.15, 0.2) is 40.3 Å². The standard InChI is InChI=1S/C15H10BrClN2OS/c1-9-4-12(16)2-3-13(9)19-6-11(7-20)15(18-19)10-5-14(17)21-8-10/h2-8H,1H3. The van der Waals surface area contributed by atoms with Gasteiger partial charge in [0.1, 0.15) is 5.69 Å². The van der Waals surface area contributed by atoms with Crippen LogP contribution in [-0.4, -0.2) is 16.1 Å². The van der Waals surface area contributed by atoms with Crippen LogP contribution in [0.25, 0.3) is 16.9 Å². The molecule has 0 fully saturated rings. The van der Waals surface area contributed by atoms with Gasteiger partial charge in [-0.1, -0.05) is 27.5 Å². The summed E-state index contributed by atoms with van der Waals surface area (Å²) >= 11 is 10.8. The van der Waals surface area contributed by atoms with Gasteiger partial charge in [0.2, 0.25) is 0 Å². The van der Waals surface area contributed by atoms with E-state index in [1.165, 1.54) is 11.3 Å². The Hall–Kier alpha value is -1.43. The zero-order valence-electron chi connectivity index (χ0n) is 11.0. The Balaban J connectivity index is 2.13. The summed E-state index contributed by atoms with van der Waals surface area (Å²) in [4.78, 5) is 11.3. The van der Waals surface area contributed by atoms with Crippen molar-refractivity contribution in [1.29, 1.82) is 0 Å². The van der Waals surface area contributed by atoms with Gasteiger partial charge in [0.05, 0.1) is 15.6 Å². The quantitative estimate of drug-likeness (QED) is 0.589. The summed E-state index contributed by atoms with van der Waals surface area (Å²) in [7, 11) is 0. The van der Waals surface area contributed by atoms with Gasteiger partial charge in [0, 0.05) is 21.6 Å². The van der Waals surface area contributed by atoms with Gasteiger partial charge >= 0.3 is 0 Å². The van der Waals surface area contributed by atoms with Gasteiger partial charge in [-0.2, -0.15) is 5.10 Å². The normalized spacial score (nSPS) is 10.8. The fourth-order valence-corrected chi connectivity index (χ4v) is 3.47. The van der Waals surface area contributed by atoms with Crippen molar-refractivity contribution in [3.05, 3.63) is 55.8 Å². The van der Waals surface area contributed by atoms with E-state index in [1.807, 2.05) is 36.6 Å². The average molecular weight is 382 g/mol. The highest BCUT2D eigenvalue weighted by atomic mass is 79.9. The molecule has 3 rings (SSSR count). The molecular weight excluding hydrogens is 372 g/mol. The van der Waals surface area contributed by atoms with Crippen molar-refractivity contribution in [3.63, 3.8) is 0 Å². The fourth-order valence-electron chi connectivity index (χ4n) is 2.13. The lowest BCUT2D eigenvalue weighted by Gasteiger charge is -2.05. The number of hydrogen-bond donors (Lipinski definition) is 0. The van der Waals surface area contributed by atoms with Crippen LogP contribution in [0.2, 0.25) is 4.34 Å². The summed E-state index contributed by atoms with van der Waals surface area (Å²) in [5, 5.41) is 6.44. The van der Waals surface area contributed by atoms with Crippen molar-refractivity contribution in [3.8, 4) is 16.9 Å². The van der Waals surface area contributed by atoms with Gasteiger partial charge in [0.25, 0.3) is 0 Å². The fraction of sp³-hybridized carbons (Fsp3) is 0.0667. The van der Waals surface area contributed by atoms with Crippen molar-refractivity contribution in [1.82, 2.24) is 9.78 Å². The van der Waals surface area contributed by atoms with E-state index in [2.05, 4.69) is 21.0 Å². The average Bonchev–Trinajstić information content (AvgIpc) is 3.04. The summed E-state index contributed by atoms with van der Waals surface area (Å²) < 4.78 is 3.42. The number of aldehydes is 1. The smallest absolute Gasteiger partial charge is 0.153 e. The highest BCUT2D eigenvalue weighted by Gasteiger charge is 2.14. The monoisotopic (exact) mass is 380 g/mol. The lowest BCUT2D eigenvalue weighted by atomic mass is 10.2. The first-order valence-corrected chi connectivity index (χ1v) is 8.19. The topological polar surface area (TPSA) is 34.9 Å². The van der Waals surface area contributed by atoms with Crippen molar-refractivity contribution in [2.75, 3.05) is 0 Å². The molecule has 2 heterocycles. The Bertz CT molecular complexity index is 825. The second-order valence-corrected chi connectivity index (χ2v) is 7.02. The number of halogens is 2. The minimum atomic E-state index is 0.548. The Morgan fingerprint density at radius 1 is 1.38 bits per heavy atom. The second-order valence-electron chi connectivity index (χ2n) is 4.57. The van der Waals surface area contributed by atoms with E-state index in [4.69, 9.17) is 11.6 Å². The lowest BCUT2D eigenvalue weighted by Crippen LogP contribution is -1.97. The number of carbonyl (C=O) groups excluding carboxylic acids is 1. The summed E-state index contributed by atoms with van der Waals surface area (Å²) in [5.74, 6) is 0. The zero-order valence-corrected chi connectivity index (χ0v) is 14.2. The van der Waals surface area contributed by atoms with Gasteiger partial charge in [-0.3, -0.25) is 4.79 Å². The Morgan fingerprint density at radius 2 is 2.19 bits per heavy atom. The minimum Gasteiger partial charge on any atom is -0.298 e. The van der Waals surface area contributed by atoms with E-state index in [9.17, 15) is 4.79 Å². The molecule has 3 aromatic rings. The van der Waals surface area contributed by atoms with Gasteiger partial charge in [-0.05, 0) is 36.8 Å². The first kappa shape index (κ1) is 14.5. The highest BCUT2D eigenvalue weighted by molar-refractivity contribution is 9.10. The number of aryl methyl sites for hydroxylation is 1. The van der Waals surface area contributed by atoms with Crippen LogP contribution >= 0.6 is 38.9 Å². The number of carbonyl (C=O) groups is 1. The van der Waals surface area contributed by atoms with Gasteiger partial charge in [-0.25, -0.2) is 4.68 Å². The first-order valence-electron chi connectivity index (χ1n) is 6.14. The minimum absolute atomic E-state index is 0.548. The molecule has 0 aliphatic rings. The highest BCUT2D eigenvalue weighted by Crippen LogP contribution is 2.30. The number of thiophene rings is 1. The van der Waals surface area contributed by atoms with Crippen LogP contribution in [0.5, 0.6) is 0 Å². The molecule has 0 unspecified atom stereocenters. The van der Waals surface area contributed by atoms with Crippen molar-refractivity contribution >= 4 is 45.2 Å². The van der Waals surface area contributed by atoms with Crippen LogP contribution < -0.4 is 0 Å². The Kier molecular flexibility index (Phi) is 3.97. The van der Waals surface area contributed by atoms with E-state index in [-0.39, 0.29) is 0 Å². The largest absolute Gasteiger partial charge is 0.298 e. The second kappa shape index (κ2) is 5.75. The van der Waals surface area contributed by atoms with Crippen LogP contribution in [0, 0.1) is 6.92 Å². The van der Waals surface area contributed by atoms with Crippen molar-refractivity contribution in [2.24, 2.45) is 0 Å². The molecule has 21 heavy (non-hydrogen) atoms. The van der Waals surface area contributed by atoms with Crippen LogP contribution in [0.4, 0.5) is 0 Å². The molecule has 0 aliphatic heterocycles. The zero-order chi connectivity index (χ0) is 15.0. The molecule has 2 aromatic heterocycles. The molecule has 0 amide bonds. The molecule has 6 heteroatoms. The molecule has 1 aromatic carbocycles. The number of rotatable bonds is 3. The number of benzene rings is 1. The van der Waals surface area contributed by atoms with E-state index in [0.29, 0.717) is 15.6 Å². The first-order chi connectivity index (χ1) is 10.1. The summed E-state index contributed by atoms with van der Waals surface area (Å²) in [6, 6.07) is 7.75. The molecular formula is C15H10BrClN2OS. The number of aromatic nitrogens is 2. The van der Waals surface area contributed by atoms with Gasteiger partial charge in [0.15, 0.2) is 6.29 Å². The molecule has 0 saturated carbocycles. The Labute approximate surface area is 139 Å². The van der Waals surface area contributed by atoms with Crippen LogP contribution in [0.3, 0.4) is 0 Å². The molecule has 0 spiro atoms. The maximum Gasteiger partial charge on any atom is 0.153 e. The van der Waals surface area contributed by atoms with E-state index in [0.717, 1.165) is 27.6 Å². The summed E-state index contributed by atoms with van der Waals surface area (Å²) in [5.41, 5.74) is 4.07. The molecule has 106 valence electrons. The van der Waals surface area contributed by atoms with Crippen molar-refractivity contribution < 1.29 is 4.79 Å². The third-order valence-electron chi connectivity index (χ3n) is 3.12. The number of hydrogen-bond acceptors (Lipinski definition) is 3. The third kappa shape index (κ3) is 2.81. The summed E-state index contributed by atoms with van der Waals surface area (Å²) in [6.07, 6.45) is 2.56. The molecule has 0 atom stereocenters. The van der Waals surface area contributed by atoms with Gasteiger partial charge < -0.3 is 0 Å². The predicted molar refractivity (Wildman–Crippen MR) is 89.7 cm³/mol. The SMILES string of the molecule is Cc1cc(Br)ccc1-n1cc(C=O)c(-c2csc(Cl)c2)n1. The molecule has 0 bridgehead atoms. The molecule has 0 N–H and O–H groups in total. The van der Waals surface area contributed by atoms with E-state index in [1.54, 1.807) is 10.9 Å².